The van der Waals surface area contributed by atoms with Gasteiger partial charge in [0, 0.05) is 17.4 Å². The predicted molar refractivity (Wildman–Crippen MR) is 39.9 cm³/mol. The highest BCUT2D eigenvalue weighted by Crippen LogP contribution is 2.13. The van der Waals surface area contributed by atoms with E-state index in [2.05, 4.69) is 4.98 Å². The van der Waals surface area contributed by atoms with Gasteiger partial charge in [-0.3, -0.25) is 4.79 Å². The molecule has 4 nitrogen and oxygen atoms in total. The first-order valence-electron chi connectivity index (χ1n) is 3.22. The Morgan fingerprint density at radius 2 is 2.42 bits per heavy atom. The second kappa shape index (κ2) is 3.17. The second-order valence-electron chi connectivity index (χ2n) is 2.24. The highest BCUT2D eigenvalue weighted by Gasteiger charge is 2.10. The number of nitrogens with two attached hydrogens (primary N) is 1. The third kappa shape index (κ3) is 1.69. The van der Waals surface area contributed by atoms with Crippen LogP contribution >= 0.6 is 0 Å². The molecule has 64 valence electrons. The Labute approximate surface area is 67.8 Å². The molecule has 1 aromatic rings. The maximum Gasteiger partial charge on any atom is 0.308 e. The number of carboxylic acids is 1. The summed E-state index contributed by atoms with van der Waals surface area (Å²) in [6.45, 7) is 0. The first-order valence-corrected chi connectivity index (χ1v) is 3.22. The van der Waals surface area contributed by atoms with Crippen LogP contribution in [0.15, 0.2) is 12.3 Å². The van der Waals surface area contributed by atoms with E-state index in [0.29, 0.717) is 0 Å². The number of carbonyl (C=O) groups is 1. The number of hydrogen-bond acceptors (Lipinski definition) is 3. The molecule has 0 aliphatic heterocycles. The molecular formula is C7H7FN2O2. The van der Waals surface area contributed by atoms with Crippen LogP contribution in [0.2, 0.25) is 0 Å². The third-order valence-corrected chi connectivity index (χ3v) is 1.37. The Kier molecular flexibility index (Phi) is 2.23. The topological polar surface area (TPSA) is 76.2 Å². The third-order valence-electron chi connectivity index (χ3n) is 1.37. The van der Waals surface area contributed by atoms with Crippen molar-refractivity contribution in [1.82, 2.24) is 4.98 Å². The van der Waals surface area contributed by atoms with Gasteiger partial charge in [-0.1, -0.05) is 0 Å². The van der Waals surface area contributed by atoms with Crippen LogP contribution in [0.5, 0.6) is 0 Å². The van der Waals surface area contributed by atoms with Gasteiger partial charge in [-0.2, -0.15) is 4.39 Å². The molecule has 0 bridgehead atoms. The number of carboxylic acid groups (broad SMARTS) is 1. The van der Waals surface area contributed by atoms with E-state index in [1.54, 1.807) is 0 Å². The lowest BCUT2D eigenvalue weighted by molar-refractivity contribution is -0.136. The van der Waals surface area contributed by atoms with Crippen LogP contribution in [0.4, 0.5) is 10.1 Å². The fourth-order valence-electron chi connectivity index (χ4n) is 0.807. The van der Waals surface area contributed by atoms with Crippen molar-refractivity contribution in [3.8, 4) is 0 Å². The van der Waals surface area contributed by atoms with E-state index in [1.165, 1.54) is 12.3 Å². The molecule has 5 heteroatoms. The molecule has 1 aromatic heterocycles. The number of pyridine rings is 1. The monoisotopic (exact) mass is 170 g/mol. The largest absolute Gasteiger partial charge is 0.481 e. The van der Waals surface area contributed by atoms with E-state index >= 15 is 0 Å². The molecule has 0 fully saturated rings. The molecule has 0 amide bonds. The first kappa shape index (κ1) is 8.45. The highest BCUT2D eigenvalue weighted by molar-refractivity contribution is 5.72. The summed E-state index contributed by atoms with van der Waals surface area (Å²) in [5, 5.41) is 8.37. The fraction of sp³-hybridized carbons (Fsp3) is 0.143. The number of hydrogen-bond donors (Lipinski definition) is 2. The van der Waals surface area contributed by atoms with Gasteiger partial charge in [0.1, 0.15) is 0 Å². The Hall–Kier alpha value is -1.65. The second-order valence-corrected chi connectivity index (χ2v) is 2.24. The lowest BCUT2D eigenvalue weighted by atomic mass is 10.2. The van der Waals surface area contributed by atoms with Gasteiger partial charge < -0.3 is 10.8 Å². The average Bonchev–Trinajstić information content (AvgIpc) is 1.97. The van der Waals surface area contributed by atoms with Gasteiger partial charge in [0.05, 0.1) is 6.42 Å². The molecule has 3 N–H and O–H groups in total. The molecule has 0 aliphatic carbocycles. The van der Waals surface area contributed by atoms with Crippen molar-refractivity contribution < 1.29 is 14.3 Å². The summed E-state index contributed by atoms with van der Waals surface area (Å²) in [5.74, 6) is -1.95. The summed E-state index contributed by atoms with van der Waals surface area (Å²) in [7, 11) is 0. The molecule has 1 rings (SSSR count). The van der Waals surface area contributed by atoms with Gasteiger partial charge in [-0.05, 0) is 6.07 Å². The number of halogens is 1. The predicted octanol–water partition coefficient (Wildman–Crippen LogP) is 0.430. The zero-order valence-electron chi connectivity index (χ0n) is 6.12. The average molecular weight is 170 g/mol. The molecular weight excluding hydrogens is 163 g/mol. The minimum atomic E-state index is -1.13. The highest BCUT2D eigenvalue weighted by atomic mass is 19.1. The van der Waals surface area contributed by atoms with E-state index in [-0.39, 0.29) is 11.3 Å². The van der Waals surface area contributed by atoms with Crippen molar-refractivity contribution in [2.24, 2.45) is 0 Å². The lowest BCUT2D eigenvalue weighted by Gasteiger charge is -2.01. The van der Waals surface area contributed by atoms with Crippen molar-refractivity contribution >= 4 is 11.7 Å². The van der Waals surface area contributed by atoms with Gasteiger partial charge in [-0.15, -0.1) is 0 Å². The van der Waals surface area contributed by atoms with Gasteiger partial charge in [0.25, 0.3) is 0 Å². The van der Waals surface area contributed by atoms with E-state index in [4.69, 9.17) is 10.8 Å². The summed E-state index contributed by atoms with van der Waals surface area (Å²) >= 11 is 0. The van der Waals surface area contributed by atoms with Crippen LogP contribution in [0, 0.1) is 5.95 Å². The molecule has 1 heterocycles. The molecule has 0 saturated carbocycles. The minimum absolute atomic E-state index is 0.0648. The zero-order valence-corrected chi connectivity index (χ0v) is 6.12. The lowest BCUT2D eigenvalue weighted by Crippen LogP contribution is -2.07. The normalized spacial score (nSPS) is 9.75. The number of nitrogens with zero attached hydrogens (tertiary/aromatic N) is 1. The van der Waals surface area contributed by atoms with E-state index in [9.17, 15) is 9.18 Å². The Bertz CT molecular complexity index is 294. The molecule has 12 heavy (non-hydrogen) atoms. The maximum atomic E-state index is 12.8. The summed E-state index contributed by atoms with van der Waals surface area (Å²) in [5.41, 5.74) is 5.38. The van der Waals surface area contributed by atoms with Crippen LogP contribution in [0.25, 0.3) is 0 Å². The molecule has 0 aromatic carbocycles. The quantitative estimate of drug-likeness (QED) is 0.631. The summed E-state index contributed by atoms with van der Waals surface area (Å²) in [6.07, 6.45) is 0.752. The summed E-state index contributed by atoms with van der Waals surface area (Å²) in [6, 6.07) is 1.36. The number of aromatic nitrogens is 1. The Morgan fingerprint density at radius 3 is 2.92 bits per heavy atom. The minimum Gasteiger partial charge on any atom is -0.481 e. The summed E-state index contributed by atoms with van der Waals surface area (Å²) < 4.78 is 12.8. The van der Waals surface area contributed by atoms with Crippen molar-refractivity contribution in [1.29, 1.82) is 0 Å². The number of rotatable bonds is 2. The molecule has 0 spiro atoms. The van der Waals surface area contributed by atoms with Crippen molar-refractivity contribution in [3.63, 3.8) is 0 Å². The van der Waals surface area contributed by atoms with Crippen LogP contribution in [-0.2, 0) is 11.2 Å². The fourth-order valence-corrected chi connectivity index (χ4v) is 0.807. The molecule has 0 aliphatic rings. The smallest absolute Gasteiger partial charge is 0.308 e. The van der Waals surface area contributed by atoms with E-state index in [1.807, 2.05) is 0 Å². The van der Waals surface area contributed by atoms with Crippen LogP contribution in [-0.4, -0.2) is 16.1 Å². The molecule has 0 radical (unpaired) electrons. The van der Waals surface area contributed by atoms with Gasteiger partial charge in [0.2, 0.25) is 5.95 Å². The number of anilines is 1. The zero-order chi connectivity index (χ0) is 9.14. The van der Waals surface area contributed by atoms with Gasteiger partial charge in [0.15, 0.2) is 0 Å². The maximum absolute atomic E-state index is 12.8. The van der Waals surface area contributed by atoms with Crippen LogP contribution in [0.3, 0.4) is 0 Å². The van der Waals surface area contributed by atoms with Crippen molar-refractivity contribution in [3.05, 3.63) is 23.8 Å². The van der Waals surface area contributed by atoms with Crippen LogP contribution in [0.1, 0.15) is 5.56 Å². The number of aliphatic carboxylic acids is 1. The first-order chi connectivity index (χ1) is 5.61. The molecule has 0 atom stereocenters. The van der Waals surface area contributed by atoms with E-state index < -0.39 is 18.3 Å². The standard InChI is InChI=1S/C7H7FN2O2/c8-7-4(3-6(11)12)5(9)1-2-10-7/h1-2H,3H2,(H2,9,10)(H,11,12). The Balaban J connectivity index is 3.04. The molecule has 0 saturated heterocycles. The van der Waals surface area contributed by atoms with E-state index in [0.717, 1.165) is 0 Å². The molecule has 0 unspecified atom stereocenters. The Morgan fingerprint density at radius 1 is 1.75 bits per heavy atom. The number of nitrogen functional groups attached to an aromatic ring is 1. The van der Waals surface area contributed by atoms with Crippen molar-refractivity contribution in [2.75, 3.05) is 5.73 Å². The van der Waals surface area contributed by atoms with Crippen LogP contribution < -0.4 is 5.73 Å². The van der Waals surface area contributed by atoms with Crippen molar-refractivity contribution in [2.45, 2.75) is 6.42 Å². The SMILES string of the molecule is Nc1ccnc(F)c1CC(=O)O. The van der Waals surface area contributed by atoms with Gasteiger partial charge in [-0.25, -0.2) is 4.98 Å². The van der Waals surface area contributed by atoms with Gasteiger partial charge >= 0.3 is 5.97 Å². The summed E-state index contributed by atoms with van der Waals surface area (Å²) in [4.78, 5) is 13.5.